The van der Waals surface area contributed by atoms with E-state index in [1.807, 2.05) is 13.8 Å². The van der Waals surface area contributed by atoms with E-state index in [1.165, 1.54) is 13.8 Å². The average Bonchev–Trinajstić information content (AvgIpc) is 2.33. The average molecular weight is 266 g/mol. The minimum atomic E-state index is -0.560. The molecule has 3 unspecified atom stereocenters. The van der Waals surface area contributed by atoms with Crippen molar-refractivity contribution < 1.29 is 29.2 Å². The van der Waals surface area contributed by atoms with Crippen molar-refractivity contribution in [1.29, 1.82) is 0 Å². The molecular formula is C12H26O6. The number of hydrogen-bond acceptors (Lipinski definition) is 6. The Labute approximate surface area is 109 Å². The van der Waals surface area contributed by atoms with Crippen LogP contribution >= 0.6 is 0 Å². The van der Waals surface area contributed by atoms with Crippen LogP contribution in [0.4, 0.5) is 0 Å². The lowest BCUT2D eigenvalue weighted by Crippen LogP contribution is -2.23. The van der Waals surface area contributed by atoms with Crippen LogP contribution in [0, 0.1) is 0 Å². The summed E-state index contributed by atoms with van der Waals surface area (Å²) in [7, 11) is 1.63. The van der Waals surface area contributed by atoms with E-state index in [0.717, 1.165) is 0 Å². The number of ether oxygens (including phenoxy) is 3. The zero-order valence-corrected chi connectivity index (χ0v) is 11.9. The molecule has 110 valence electrons. The maximum Gasteiger partial charge on any atom is 0.302 e. The van der Waals surface area contributed by atoms with E-state index in [1.54, 1.807) is 7.11 Å². The van der Waals surface area contributed by atoms with E-state index >= 15 is 0 Å². The number of carbonyl (C=O) groups excluding carboxylic acids is 1. The van der Waals surface area contributed by atoms with Crippen LogP contribution in [0.3, 0.4) is 0 Å². The van der Waals surface area contributed by atoms with Crippen molar-refractivity contribution in [1.82, 2.24) is 0 Å². The van der Waals surface area contributed by atoms with Gasteiger partial charge in [0.15, 0.2) is 0 Å². The largest absolute Gasteiger partial charge is 0.463 e. The summed E-state index contributed by atoms with van der Waals surface area (Å²) in [5.74, 6) is -0.282. The van der Waals surface area contributed by atoms with Gasteiger partial charge in [-0.05, 0) is 20.8 Å². The molecule has 0 aromatic carbocycles. The highest BCUT2D eigenvalue weighted by molar-refractivity contribution is 5.65. The number of esters is 1. The van der Waals surface area contributed by atoms with Gasteiger partial charge in [0.1, 0.15) is 6.61 Å². The first-order valence-electron chi connectivity index (χ1n) is 5.90. The molecule has 18 heavy (non-hydrogen) atoms. The maximum atomic E-state index is 10.4. The lowest BCUT2D eigenvalue weighted by atomic mass is 10.4. The maximum absolute atomic E-state index is 10.4. The zero-order valence-electron chi connectivity index (χ0n) is 11.9. The molecule has 3 atom stereocenters. The van der Waals surface area contributed by atoms with Crippen LogP contribution in [-0.4, -0.2) is 61.4 Å². The Kier molecular flexibility index (Phi) is 13.9. The molecule has 0 aliphatic heterocycles. The molecule has 0 saturated heterocycles. The Morgan fingerprint density at radius 3 is 2.00 bits per heavy atom. The highest BCUT2D eigenvalue weighted by Gasteiger charge is 2.06. The first kappa shape index (κ1) is 19.6. The fourth-order valence-corrected chi connectivity index (χ4v) is 0.651. The highest BCUT2D eigenvalue weighted by atomic mass is 16.6. The molecule has 0 spiro atoms. The summed E-state index contributed by atoms with van der Waals surface area (Å²) < 4.78 is 15.1. The summed E-state index contributed by atoms with van der Waals surface area (Å²) in [6.07, 6.45) is -0.573. The molecule has 2 N–H and O–H groups in total. The zero-order chi connectivity index (χ0) is 14.6. The minimum Gasteiger partial charge on any atom is -0.463 e. The van der Waals surface area contributed by atoms with Crippen LogP contribution in [0.2, 0.25) is 0 Å². The second-order valence-corrected chi connectivity index (χ2v) is 4.02. The predicted octanol–water partition coefficient (Wildman–Crippen LogP) is 0.349. The summed E-state index contributed by atoms with van der Waals surface area (Å²) in [6, 6.07) is 0. The van der Waals surface area contributed by atoms with Crippen LogP contribution in [-0.2, 0) is 19.0 Å². The smallest absolute Gasteiger partial charge is 0.302 e. The summed E-state index contributed by atoms with van der Waals surface area (Å²) in [4.78, 5) is 10.4. The molecule has 0 fully saturated rings. The third kappa shape index (κ3) is 17.7. The number of aliphatic hydroxyl groups is 2. The molecule has 0 heterocycles. The highest BCUT2D eigenvalue weighted by Crippen LogP contribution is 1.96. The van der Waals surface area contributed by atoms with E-state index in [2.05, 4.69) is 0 Å². The summed E-state index contributed by atoms with van der Waals surface area (Å²) in [6.45, 7) is 7.35. The standard InChI is InChI=1S/C9H18O4.C3H8O2/c1-7(11-4)5-12-8(2)6-13-9(3)10;1-3(5)2-4/h7-8H,5-6H2,1-4H3;3-5H,2H2,1H3. The normalized spacial score (nSPS) is 15.1. The lowest BCUT2D eigenvalue weighted by molar-refractivity contribution is -0.145. The van der Waals surface area contributed by atoms with Crippen molar-refractivity contribution in [2.75, 3.05) is 26.9 Å². The molecule has 0 aromatic heterocycles. The second kappa shape index (κ2) is 12.8. The van der Waals surface area contributed by atoms with Crippen molar-refractivity contribution in [3.63, 3.8) is 0 Å². The molecule has 0 aromatic rings. The van der Waals surface area contributed by atoms with E-state index in [4.69, 9.17) is 24.4 Å². The Morgan fingerprint density at radius 2 is 1.67 bits per heavy atom. The van der Waals surface area contributed by atoms with E-state index in [-0.39, 0.29) is 24.8 Å². The molecule has 0 saturated carbocycles. The van der Waals surface area contributed by atoms with E-state index in [9.17, 15) is 4.79 Å². The second-order valence-electron chi connectivity index (χ2n) is 4.02. The molecule has 6 heteroatoms. The van der Waals surface area contributed by atoms with Crippen LogP contribution in [0.25, 0.3) is 0 Å². The van der Waals surface area contributed by atoms with Gasteiger partial charge in [-0.1, -0.05) is 0 Å². The Bertz CT molecular complexity index is 195. The van der Waals surface area contributed by atoms with Gasteiger partial charge in [-0.15, -0.1) is 0 Å². The fourth-order valence-electron chi connectivity index (χ4n) is 0.651. The Balaban J connectivity index is 0. The number of methoxy groups -OCH3 is 1. The summed E-state index contributed by atoms with van der Waals surface area (Å²) in [5, 5.41) is 16.0. The van der Waals surface area contributed by atoms with Gasteiger partial charge < -0.3 is 24.4 Å². The third-order valence-corrected chi connectivity index (χ3v) is 1.80. The molecular weight excluding hydrogens is 240 g/mol. The predicted molar refractivity (Wildman–Crippen MR) is 67.3 cm³/mol. The Morgan fingerprint density at radius 1 is 1.17 bits per heavy atom. The minimum absolute atomic E-state index is 0.0692. The number of hydrogen-bond donors (Lipinski definition) is 2. The van der Waals surface area contributed by atoms with Crippen molar-refractivity contribution in [3.05, 3.63) is 0 Å². The molecule has 0 bridgehead atoms. The monoisotopic (exact) mass is 266 g/mol. The summed E-state index contributed by atoms with van der Waals surface area (Å²) in [5.41, 5.74) is 0. The SMILES string of the molecule is CC(O)CO.COC(C)COC(C)COC(C)=O. The van der Waals surface area contributed by atoms with Gasteiger partial charge in [0.25, 0.3) is 0 Å². The van der Waals surface area contributed by atoms with Crippen molar-refractivity contribution in [2.45, 2.75) is 46.0 Å². The van der Waals surface area contributed by atoms with Crippen molar-refractivity contribution in [3.8, 4) is 0 Å². The van der Waals surface area contributed by atoms with Gasteiger partial charge in [-0.3, -0.25) is 4.79 Å². The van der Waals surface area contributed by atoms with Crippen LogP contribution in [0.1, 0.15) is 27.7 Å². The molecule has 6 nitrogen and oxygen atoms in total. The van der Waals surface area contributed by atoms with Gasteiger partial charge in [0.05, 0.1) is 31.5 Å². The van der Waals surface area contributed by atoms with Crippen LogP contribution in [0.5, 0.6) is 0 Å². The molecule has 0 radical (unpaired) electrons. The molecule has 0 aliphatic rings. The van der Waals surface area contributed by atoms with Crippen LogP contribution < -0.4 is 0 Å². The van der Waals surface area contributed by atoms with Gasteiger partial charge in [-0.2, -0.15) is 0 Å². The number of aliphatic hydroxyl groups excluding tert-OH is 2. The topological polar surface area (TPSA) is 85.2 Å². The van der Waals surface area contributed by atoms with Crippen molar-refractivity contribution in [2.24, 2.45) is 0 Å². The van der Waals surface area contributed by atoms with Gasteiger partial charge in [0, 0.05) is 14.0 Å². The van der Waals surface area contributed by atoms with Gasteiger partial charge in [0.2, 0.25) is 0 Å². The van der Waals surface area contributed by atoms with E-state index in [0.29, 0.717) is 13.2 Å². The fraction of sp³-hybridized carbons (Fsp3) is 0.917. The lowest BCUT2D eigenvalue weighted by Gasteiger charge is -2.15. The quantitative estimate of drug-likeness (QED) is 0.647. The van der Waals surface area contributed by atoms with E-state index < -0.39 is 6.10 Å². The van der Waals surface area contributed by atoms with Crippen molar-refractivity contribution >= 4 is 5.97 Å². The van der Waals surface area contributed by atoms with Crippen LogP contribution in [0.15, 0.2) is 0 Å². The molecule has 0 amide bonds. The number of carbonyl (C=O) groups is 1. The first-order valence-corrected chi connectivity index (χ1v) is 5.90. The Hall–Kier alpha value is -0.690. The third-order valence-electron chi connectivity index (χ3n) is 1.80. The summed E-state index contributed by atoms with van der Waals surface area (Å²) >= 11 is 0. The van der Waals surface area contributed by atoms with Gasteiger partial charge >= 0.3 is 5.97 Å². The molecule has 0 rings (SSSR count). The first-order chi connectivity index (χ1) is 8.33. The van der Waals surface area contributed by atoms with Gasteiger partial charge in [-0.25, -0.2) is 0 Å². The number of rotatable bonds is 7. The molecule has 0 aliphatic carbocycles.